The standard InChI is InChI=1S/C19H23NO2/c1-4-10-20-15-12-19(2,3)13-17(22)18(15)16(21)11-14-8-6-5-7-9-14/h4-9,21H,1,10-13H2,2-3H3/b18-16+,20-15?. The van der Waals surface area contributed by atoms with Crippen LogP contribution in [0.4, 0.5) is 0 Å². The monoisotopic (exact) mass is 297 g/mol. The lowest BCUT2D eigenvalue weighted by molar-refractivity contribution is -0.117. The summed E-state index contributed by atoms with van der Waals surface area (Å²) >= 11 is 0. The third kappa shape index (κ3) is 3.94. The number of aliphatic hydroxyl groups is 1. The second-order valence-electron chi connectivity index (χ2n) is 6.50. The zero-order chi connectivity index (χ0) is 16.2. The van der Waals surface area contributed by atoms with Gasteiger partial charge in [0.2, 0.25) is 0 Å². The highest BCUT2D eigenvalue weighted by Gasteiger charge is 2.35. The number of ketones is 1. The van der Waals surface area contributed by atoms with E-state index < -0.39 is 0 Å². The average Bonchev–Trinajstić information content (AvgIpc) is 2.44. The lowest BCUT2D eigenvalue weighted by atomic mass is 9.73. The molecule has 0 heterocycles. The molecule has 3 heteroatoms. The van der Waals surface area contributed by atoms with Gasteiger partial charge in [0.15, 0.2) is 5.78 Å². The number of benzene rings is 1. The Labute approximate surface area is 132 Å². The lowest BCUT2D eigenvalue weighted by Crippen LogP contribution is -2.33. The molecule has 0 amide bonds. The van der Waals surface area contributed by atoms with E-state index in [1.807, 2.05) is 30.3 Å². The molecule has 1 fully saturated rings. The largest absolute Gasteiger partial charge is 0.511 e. The highest BCUT2D eigenvalue weighted by molar-refractivity contribution is 6.24. The molecule has 1 saturated carbocycles. The molecule has 0 radical (unpaired) electrons. The van der Waals surface area contributed by atoms with Crippen molar-refractivity contribution in [3.05, 3.63) is 59.9 Å². The van der Waals surface area contributed by atoms with E-state index in [4.69, 9.17) is 0 Å². The normalized spacial score (nSPS) is 21.7. The number of carbonyl (C=O) groups excluding carboxylic acids is 1. The van der Waals surface area contributed by atoms with Crippen molar-refractivity contribution in [2.45, 2.75) is 33.1 Å². The van der Waals surface area contributed by atoms with Crippen LogP contribution in [0.3, 0.4) is 0 Å². The van der Waals surface area contributed by atoms with Crippen molar-refractivity contribution in [3.63, 3.8) is 0 Å². The fourth-order valence-electron chi connectivity index (χ4n) is 2.80. The highest BCUT2D eigenvalue weighted by Crippen LogP contribution is 2.35. The number of carbonyl (C=O) groups is 1. The number of aliphatic hydroxyl groups excluding tert-OH is 1. The number of rotatable bonds is 4. The van der Waals surface area contributed by atoms with Gasteiger partial charge in [-0.3, -0.25) is 9.79 Å². The van der Waals surface area contributed by atoms with Crippen LogP contribution in [0.15, 0.2) is 59.3 Å². The maximum Gasteiger partial charge on any atom is 0.168 e. The molecule has 2 rings (SSSR count). The van der Waals surface area contributed by atoms with Gasteiger partial charge in [-0.1, -0.05) is 50.3 Å². The number of hydrogen-bond acceptors (Lipinski definition) is 3. The molecule has 1 aliphatic carbocycles. The molecule has 1 N–H and O–H groups in total. The van der Waals surface area contributed by atoms with Crippen LogP contribution in [-0.4, -0.2) is 23.1 Å². The van der Waals surface area contributed by atoms with Crippen LogP contribution in [0.2, 0.25) is 0 Å². The summed E-state index contributed by atoms with van der Waals surface area (Å²) in [5, 5.41) is 10.5. The highest BCUT2D eigenvalue weighted by atomic mass is 16.3. The van der Waals surface area contributed by atoms with E-state index in [1.165, 1.54) is 0 Å². The van der Waals surface area contributed by atoms with Gasteiger partial charge in [0.25, 0.3) is 0 Å². The van der Waals surface area contributed by atoms with Gasteiger partial charge in [0, 0.05) is 18.6 Å². The second kappa shape index (κ2) is 6.73. The van der Waals surface area contributed by atoms with Crippen LogP contribution in [-0.2, 0) is 11.2 Å². The summed E-state index contributed by atoms with van der Waals surface area (Å²) in [4.78, 5) is 16.9. The molecule has 1 aromatic carbocycles. The van der Waals surface area contributed by atoms with Gasteiger partial charge in [-0.2, -0.15) is 0 Å². The summed E-state index contributed by atoms with van der Waals surface area (Å²) in [6.45, 7) is 8.24. The first-order valence-corrected chi connectivity index (χ1v) is 7.57. The molecule has 1 aliphatic rings. The quantitative estimate of drug-likeness (QED) is 0.517. The van der Waals surface area contributed by atoms with Crippen molar-refractivity contribution < 1.29 is 9.90 Å². The Morgan fingerprint density at radius 1 is 1.32 bits per heavy atom. The van der Waals surface area contributed by atoms with E-state index in [1.54, 1.807) is 6.08 Å². The maximum absolute atomic E-state index is 12.5. The molecule has 0 saturated heterocycles. The summed E-state index contributed by atoms with van der Waals surface area (Å²) in [7, 11) is 0. The van der Waals surface area contributed by atoms with Crippen LogP contribution in [0.1, 0.15) is 32.3 Å². The molecule has 1 aromatic rings. The number of nitrogens with zero attached hydrogens (tertiary/aromatic N) is 1. The van der Waals surface area contributed by atoms with Crippen molar-refractivity contribution in [2.75, 3.05) is 6.54 Å². The Kier molecular flexibility index (Phi) is 4.96. The molecule has 3 nitrogen and oxygen atoms in total. The molecule has 0 unspecified atom stereocenters. The van der Waals surface area contributed by atoms with Crippen LogP contribution in [0.25, 0.3) is 0 Å². The van der Waals surface area contributed by atoms with Crippen molar-refractivity contribution in [1.82, 2.24) is 0 Å². The third-order valence-electron chi connectivity index (χ3n) is 3.77. The fourth-order valence-corrected chi connectivity index (χ4v) is 2.80. The smallest absolute Gasteiger partial charge is 0.168 e. The van der Waals surface area contributed by atoms with Gasteiger partial charge in [-0.05, 0) is 17.4 Å². The third-order valence-corrected chi connectivity index (χ3v) is 3.77. The van der Waals surface area contributed by atoms with E-state index in [0.29, 0.717) is 37.1 Å². The molecular weight excluding hydrogens is 274 g/mol. The zero-order valence-electron chi connectivity index (χ0n) is 13.3. The SMILES string of the molecule is C=CCN=C1CC(C)(C)CC(=O)/C1=C(/O)Cc1ccccc1. The topological polar surface area (TPSA) is 49.7 Å². The van der Waals surface area contributed by atoms with E-state index in [-0.39, 0.29) is 17.0 Å². The Hall–Kier alpha value is -2.16. The summed E-state index contributed by atoms with van der Waals surface area (Å²) in [5.74, 6) is 0.0991. The van der Waals surface area contributed by atoms with Crippen LogP contribution in [0.5, 0.6) is 0 Å². The first-order valence-electron chi connectivity index (χ1n) is 7.57. The first kappa shape index (κ1) is 16.2. The van der Waals surface area contributed by atoms with Gasteiger partial charge in [0.1, 0.15) is 5.76 Å². The number of Topliss-reactive ketones (excluding diaryl/α,β-unsaturated/α-hetero) is 1. The lowest BCUT2D eigenvalue weighted by Gasteiger charge is -2.31. The number of allylic oxidation sites excluding steroid dienone is 2. The van der Waals surface area contributed by atoms with Gasteiger partial charge >= 0.3 is 0 Å². The Balaban J connectivity index is 2.37. The zero-order valence-corrected chi connectivity index (χ0v) is 13.3. The summed E-state index contributed by atoms with van der Waals surface area (Å²) < 4.78 is 0. The molecule has 0 bridgehead atoms. The van der Waals surface area contributed by atoms with E-state index in [9.17, 15) is 9.90 Å². The minimum absolute atomic E-state index is 0.0208. The van der Waals surface area contributed by atoms with Crippen molar-refractivity contribution in [1.29, 1.82) is 0 Å². The van der Waals surface area contributed by atoms with Crippen molar-refractivity contribution in [3.8, 4) is 0 Å². The van der Waals surface area contributed by atoms with Crippen LogP contribution >= 0.6 is 0 Å². The van der Waals surface area contributed by atoms with Crippen molar-refractivity contribution in [2.24, 2.45) is 10.4 Å². The van der Waals surface area contributed by atoms with Gasteiger partial charge in [0.05, 0.1) is 12.1 Å². The average molecular weight is 297 g/mol. The summed E-state index contributed by atoms with van der Waals surface area (Å²) in [6.07, 6.45) is 3.19. The fraction of sp³-hybridized carbons (Fsp3) is 0.368. The maximum atomic E-state index is 12.5. The van der Waals surface area contributed by atoms with E-state index >= 15 is 0 Å². The Morgan fingerprint density at radius 3 is 2.64 bits per heavy atom. The predicted octanol–water partition coefficient (Wildman–Crippen LogP) is 4.06. The molecule has 0 spiro atoms. The van der Waals surface area contributed by atoms with E-state index in [0.717, 1.165) is 5.56 Å². The van der Waals surface area contributed by atoms with Gasteiger partial charge < -0.3 is 5.11 Å². The Bertz CT molecular complexity index is 624. The Morgan fingerprint density at radius 2 is 2.00 bits per heavy atom. The first-order chi connectivity index (χ1) is 10.4. The molecule has 0 aliphatic heterocycles. The van der Waals surface area contributed by atoms with E-state index in [2.05, 4.69) is 25.4 Å². The molecular formula is C19H23NO2. The second-order valence-corrected chi connectivity index (χ2v) is 6.50. The summed E-state index contributed by atoms with van der Waals surface area (Å²) in [6, 6.07) is 9.65. The van der Waals surface area contributed by atoms with Gasteiger partial charge in [-0.15, -0.1) is 6.58 Å². The van der Waals surface area contributed by atoms with Crippen LogP contribution in [0, 0.1) is 5.41 Å². The molecule has 0 aromatic heterocycles. The minimum atomic E-state index is -0.117. The molecule has 22 heavy (non-hydrogen) atoms. The van der Waals surface area contributed by atoms with Crippen molar-refractivity contribution >= 4 is 11.5 Å². The summed E-state index contributed by atoms with van der Waals surface area (Å²) in [5.41, 5.74) is 1.97. The molecule has 0 atom stereocenters. The molecule has 116 valence electrons. The minimum Gasteiger partial charge on any atom is -0.511 e. The van der Waals surface area contributed by atoms with Crippen LogP contribution < -0.4 is 0 Å². The number of aliphatic imine (C=N–C) groups is 1. The number of hydrogen-bond donors (Lipinski definition) is 1. The van der Waals surface area contributed by atoms with Gasteiger partial charge in [-0.25, -0.2) is 0 Å². The predicted molar refractivity (Wildman–Crippen MR) is 90.3 cm³/mol.